The Kier molecular flexibility index (Phi) is 10.3. The highest BCUT2D eigenvalue weighted by molar-refractivity contribution is 7.99. The smallest absolute Gasteiger partial charge is 0.294 e. The quantitative estimate of drug-likeness (QED) is 0.117. The third-order valence-corrected chi connectivity index (χ3v) is 6.95. The zero-order valence-electron chi connectivity index (χ0n) is 22.0. The lowest BCUT2D eigenvalue weighted by Gasteiger charge is -2.26. The summed E-state index contributed by atoms with van der Waals surface area (Å²) in [5.41, 5.74) is 1.92. The van der Waals surface area contributed by atoms with Gasteiger partial charge in [0.15, 0.2) is 11.5 Å². The summed E-state index contributed by atoms with van der Waals surface area (Å²) in [6.45, 7) is 0.253. The second-order valence-electron chi connectivity index (χ2n) is 8.76. The normalized spacial score (nSPS) is 11.8. The maximum atomic E-state index is 13.0. The molecule has 0 aliphatic heterocycles. The van der Waals surface area contributed by atoms with Crippen molar-refractivity contribution in [1.29, 1.82) is 0 Å². The van der Waals surface area contributed by atoms with Crippen LogP contribution in [-0.2, 0) is 9.63 Å². The van der Waals surface area contributed by atoms with Gasteiger partial charge in [0.1, 0.15) is 31.7 Å². The number of rotatable bonds is 16. The molecule has 12 heteroatoms. The number of hydrogen-bond donors (Lipinski definition) is 2. The van der Waals surface area contributed by atoms with Crippen LogP contribution < -0.4 is 14.2 Å². The first kappa shape index (κ1) is 28.8. The molecule has 1 atom stereocenters. The predicted molar refractivity (Wildman–Crippen MR) is 153 cm³/mol. The molecule has 3 aromatic carbocycles. The summed E-state index contributed by atoms with van der Waals surface area (Å²) in [7, 11) is 1.55. The second-order valence-corrected chi connectivity index (χ2v) is 9.87. The molecule has 1 aromatic heterocycles. The Morgan fingerprint density at radius 2 is 1.73 bits per heavy atom. The second kappa shape index (κ2) is 14.3. The van der Waals surface area contributed by atoms with E-state index in [2.05, 4.69) is 9.82 Å². The van der Waals surface area contributed by atoms with E-state index in [9.17, 15) is 20.0 Å². The van der Waals surface area contributed by atoms with E-state index >= 15 is 0 Å². The lowest BCUT2D eigenvalue weighted by molar-refractivity contribution is -0.756. The lowest BCUT2D eigenvalue weighted by atomic mass is 10.1. The van der Waals surface area contributed by atoms with Gasteiger partial charge < -0.3 is 34.0 Å². The number of hydrogen-bond acceptors (Lipinski definition) is 9. The molecule has 0 bridgehead atoms. The lowest BCUT2D eigenvalue weighted by Crippen LogP contribution is -2.42. The Balaban J connectivity index is 1.37. The minimum absolute atomic E-state index is 0.0178. The Bertz CT molecular complexity index is 1430. The summed E-state index contributed by atoms with van der Waals surface area (Å²) in [6, 6.07) is 20.8. The van der Waals surface area contributed by atoms with Crippen LogP contribution >= 0.6 is 11.8 Å². The highest BCUT2D eigenvalue weighted by Crippen LogP contribution is 2.33. The SMILES string of the molecule is COc1ccccc1OCCN(CC(O)COc1cccc2[nH]c3ccccc3c12)C(=O)CSCCO[N+](=O)[O-]. The molecule has 0 aliphatic carbocycles. The van der Waals surface area contributed by atoms with Gasteiger partial charge in [0.25, 0.3) is 5.09 Å². The number of benzene rings is 3. The number of aromatic amines is 1. The zero-order valence-corrected chi connectivity index (χ0v) is 22.8. The molecule has 0 spiro atoms. The van der Waals surface area contributed by atoms with E-state index in [4.69, 9.17) is 14.2 Å². The highest BCUT2D eigenvalue weighted by Gasteiger charge is 2.20. The van der Waals surface area contributed by atoms with Crippen LogP contribution in [-0.4, -0.2) is 83.6 Å². The Labute approximate surface area is 235 Å². The summed E-state index contributed by atoms with van der Waals surface area (Å²) in [6.07, 6.45) is -0.974. The van der Waals surface area contributed by atoms with E-state index in [1.807, 2.05) is 54.6 Å². The first-order chi connectivity index (χ1) is 19.5. The maximum Gasteiger partial charge on any atom is 0.294 e. The number of methoxy groups -OCH3 is 1. The van der Waals surface area contributed by atoms with Crippen molar-refractivity contribution < 1.29 is 34.0 Å². The van der Waals surface area contributed by atoms with E-state index in [0.29, 0.717) is 17.2 Å². The number of H-pyrrole nitrogens is 1. The fourth-order valence-corrected chi connectivity index (χ4v) is 4.92. The van der Waals surface area contributed by atoms with Crippen molar-refractivity contribution in [1.82, 2.24) is 9.88 Å². The number of aliphatic hydroxyl groups is 1. The number of nitrogens with zero attached hydrogens (tertiary/aromatic N) is 2. The summed E-state index contributed by atoms with van der Waals surface area (Å²) in [5, 5.41) is 22.3. The van der Waals surface area contributed by atoms with Gasteiger partial charge in [-0.25, -0.2) is 0 Å². The van der Waals surface area contributed by atoms with Crippen molar-refractivity contribution in [2.24, 2.45) is 0 Å². The molecule has 40 heavy (non-hydrogen) atoms. The monoisotopic (exact) mass is 569 g/mol. The van der Waals surface area contributed by atoms with Crippen LogP contribution in [0.3, 0.4) is 0 Å². The van der Waals surface area contributed by atoms with Crippen molar-refractivity contribution in [2.75, 3.05) is 51.5 Å². The molecule has 0 fully saturated rings. The van der Waals surface area contributed by atoms with Crippen LogP contribution in [0.1, 0.15) is 0 Å². The van der Waals surface area contributed by atoms with Crippen LogP contribution in [0, 0.1) is 10.1 Å². The number of carbonyl (C=O) groups excluding carboxylic acids is 1. The van der Waals surface area contributed by atoms with Gasteiger partial charge in [-0.05, 0) is 30.3 Å². The van der Waals surface area contributed by atoms with E-state index in [0.717, 1.165) is 21.8 Å². The number of carbonyl (C=O) groups is 1. The molecule has 4 rings (SSSR count). The molecule has 0 radical (unpaired) electrons. The van der Waals surface area contributed by atoms with E-state index in [-0.39, 0.29) is 50.3 Å². The number of ether oxygens (including phenoxy) is 3. The number of thioether (sulfide) groups is 1. The van der Waals surface area contributed by atoms with Crippen LogP contribution in [0.5, 0.6) is 17.2 Å². The molecular formula is C28H31N3O8S. The standard InChI is InChI=1S/C28H31N3O8S/c1-36-24-10-4-5-11-25(24)37-14-13-30(27(33)19-40-16-15-39-31(34)35)17-20(32)18-38-26-12-6-9-23-28(26)21-7-2-3-8-22(21)29-23/h2-12,20,29,32H,13-19H2,1H3. The van der Waals surface area contributed by atoms with Gasteiger partial charge in [0.05, 0.1) is 31.5 Å². The number of amides is 1. The molecule has 11 nitrogen and oxygen atoms in total. The fraction of sp³-hybridized carbons (Fsp3) is 0.321. The van der Waals surface area contributed by atoms with Gasteiger partial charge >= 0.3 is 0 Å². The highest BCUT2D eigenvalue weighted by atomic mass is 32.2. The average molecular weight is 570 g/mol. The number of aliphatic hydroxyl groups excluding tert-OH is 1. The van der Waals surface area contributed by atoms with E-state index < -0.39 is 11.2 Å². The topological polar surface area (TPSA) is 136 Å². The Morgan fingerprint density at radius 1 is 1.00 bits per heavy atom. The van der Waals surface area contributed by atoms with Gasteiger partial charge in [-0.2, -0.15) is 11.8 Å². The van der Waals surface area contributed by atoms with Crippen molar-refractivity contribution >= 4 is 39.5 Å². The van der Waals surface area contributed by atoms with Gasteiger partial charge in [-0.3, -0.25) is 4.79 Å². The predicted octanol–water partition coefficient (Wildman–Crippen LogP) is 3.92. The third kappa shape index (κ3) is 7.70. The Morgan fingerprint density at radius 3 is 2.52 bits per heavy atom. The van der Waals surface area contributed by atoms with Crippen molar-refractivity contribution in [2.45, 2.75) is 6.10 Å². The summed E-state index contributed by atoms with van der Waals surface area (Å²) in [5.74, 6) is 1.84. The van der Waals surface area contributed by atoms with Crippen LogP contribution in [0.2, 0.25) is 0 Å². The number of fused-ring (bicyclic) bond motifs is 3. The molecule has 4 aromatic rings. The van der Waals surface area contributed by atoms with Crippen molar-refractivity contribution in [3.63, 3.8) is 0 Å². The first-order valence-electron chi connectivity index (χ1n) is 12.6. The number of para-hydroxylation sites is 3. The molecule has 1 amide bonds. The van der Waals surface area contributed by atoms with Gasteiger partial charge in [0.2, 0.25) is 5.91 Å². The summed E-state index contributed by atoms with van der Waals surface area (Å²) in [4.78, 5) is 32.5. The molecule has 0 saturated heterocycles. The van der Waals surface area contributed by atoms with Crippen molar-refractivity contribution in [3.8, 4) is 17.2 Å². The fourth-order valence-electron chi connectivity index (χ4n) is 4.22. The summed E-state index contributed by atoms with van der Waals surface area (Å²) >= 11 is 1.21. The minimum Gasteiger partial charge on any atom is -0.493 e. The Hall–Kier alpha value is -4.16. The van der Waals surface area contributed by atoms with Crippen molar-refractivity contribution in [3.05, 3.63) is 76.8 Å². The third-order valence-electron chi connectivity index (χ3n) is 6.04. The molecule has 0 saturated carbocycles. The maximum absolute atomic E-state index is 13.0. The van der Waals surface area contributed by atoms with Gasteiger partial charge in [-0.15, -0.1) is 10.1 Å². The molecule has 1 unspecified atom stereocenters. The van der Waals surface area contributed by atoms with Gasteiger partial charge in [0, 0.05) is 22.0 Å². The molecule has 2 N–H and O–H groups in total. The largest absolute Gasteiger partial charge is 0.493 e. The van der Waals surface area contributed by atoms with Crippen LogP contribution in [0.15, 0.2) is 66.7 Å². The average Bonchev–Trinajstić information content (AvgIpc) is 3.34. The molecular weight excluding hydrogens is 538 g/mol. The van der Waals surface area contributed by atoms with Crippen LogP contribution in [0.25, 0.3) is 21.8 Å². The van der Waals surface area contributed by atoms with Crippen LogP contribution in [0.4, 0.5) is 0 Å². The number of aromatic nitrogens is 1. The van der Waals surface area contributed by atoms with E-state index in [1.54, 1.807) is 19.2 Å². The minimum atomic E-state index is -0.974. The summed E-state index contributed by atoms with van der Waals surface area (Å²) < 4.78 is 17.2. The first-order valence-corrected chi connectivity index (χ1v) is 13.8. The molecule has 0 aliphatic rings. The van der Waals surface area contributed by atoms with E-state index in [1.165, 1.54) is 16.7 Å². The molecule has 212 valence electrons. The number of nitrogens with one attached hydrogen (secondary N) is 1. The van der Waals surface area contributed by atoms with Gasteiger partial charge in [-0.1, -0.05) is 36.4 Å². The molecule has 1 heterocycles. The zero-order chi connectivity index (χ0) is 28.3.